The van der Waals surface area contributed by atoms with Crippen molar-refractivity contribution in [3.8, 4) is 0 Å². The topological polar surface area (TPSA) is 110 Å². The number of carbonyl (C=O) groups is 2. The van der Waals surface area contributed by atoms with Crippen molar-refractivity contribution in [2.75, 3.05) is 6.54 Å². The summed E-state index contributed by atoms with van der Waals surface area (Å²) in [7, 11) is 0. The number of benzene rings is 1. The molecule has 7 heteroatoms. The molecule has 0 aliphatic rings. The fourth-order valence-corrected chi connectivity index (χ4v) is 1.47. The van der Waals surface area contributed by atoms with Crippen LogP contribution in [0.2, 0.25) is 0 Å². The molecular weight excluding hydrogens is 252 g/mol. The summed E-state index contributed by atoms with van der Waals surface area (Å²) in [5.74, 6) is -1.48. The number of hydrogen-bond acceptors (Lipinski definition) is 4. The first-order chi connectivity index (χ1) is 8.90. The molecule has 1 aromatic rings. The second-order valence-electron chi connectivity index (χ2n) is 4.22. The van der Waals surface area contributed by atoms with E-state index in [0.29, 0.717) is 5.56 Å². The smallest absolute Gasteiger partial charge is 0.303 e. The van der Waals surface area contributed by atoms with Gasteiger partial charge < -0.3 is 10.4 Å². The fraction of sp³-hybridized carbons (Fsp3) is 0.333. The van der Waals surface area contributed by atoms with Crippen LogP contribution in [0, 0.1) is 16.0 Å². The van der Waals surface area contributed by atoms with Crippen LogP contribution in [0.1, 0.15) is 23.7 Å². The Hall–Kier alpha value is -2.44. The molecule has 0 fully saturated rings. The van der Waals surface area contributed by atoms with Gasteiger partial charge >= 0.3 is 5.97 Å². The molecule has 7 nitrogen and oxygen atoms in total. The van der Waals surface area contributed by atoms with Crippen molar-refractivity contribution in [1.82, 2.24) is 5.32 Å². The van der Waals surface area contributed by atoms with Crippen LogP contribution in [-0.2, 0) is 4.79 Å². The first kappa shape index (κ1) is 14.6. The summed E-state index contributed by atoms with van der Waals surface area (Å²) in [4.78, 5) is 32.0. The molecule has 0 aromatic heterocycles. The number of non-ortho nitro benzene ring substituents is 1. The second kappa shape index (κ2) is 6.48. The van der Waals surface area contributed by atoms with Crippen molar-refractivity contribution >= 4 is 17.6 Å². The van der Waals surface area contributed by atoms with E-state index in [4.69, 9.17) is 5.11 Å². The Morgan fingerprint density at radius 1 is 1.37 bits per heavy atom. The quantitative estimate of drug-likeness (QED) is 0.598. The predicted molar refractivity (Wildman–Crippen MR) is 66.8 cm³/mol. The first-order valence-electron chi connectivity index (χ1n) is 5.64. The van der Waals surface area contributed by atoms with E-state index in [9.17, 15) is 19.7 Å². The minimum Gasteiger partial charge on any atom is -0.481 e. The van der Waals surface area contributed by atoms with Gasteiger partial charge in [0.2, 0.25) is 0 Å². The number of carbonyl (C=O) groups excluding carboxylic acids is 1. The van der Waals surface area contributed by atoms with Crippen LogP contribution >= 0.6 is 0 Å². The van der Waals surface area contributed by atoms with E-state index in [0.717, 1.165) is 0 Å². The average molecular weight is 266 g/mol. The predicted octanol–water partition coefficient (Wildman–Crippen LogP) is 1.44. The Bertz CT molecular complexity index is 483. The van der Waals surface area contributed by atoms with Crippen LogP contribution in [0.3, 0.4) is 0 Å². The molecule has 0 heterocycles. The largest absolute Gasteiger partial charge is 0.481 e. The molecule has 1 atom stereocenters. The van der Waals surface area contributed by atoms with Gasteiger partial charge in [-0.1, -0.05) is 6.92 Å². The third kappa shape index (κ3) is 4.74. The number of amides is 1. The van der Waals surface area contributed by atoms with Crippen molar-refractivity contribution in [1.29, 1.82) is 0 Å². The van der Waals surface area contributed by atoms with Crippen molar-refractivity contribution in [3.63, 3.8) is 0 Å². The Morgan fingerprint density at radius 3 is 2.42 bits per heavy atom. The Labute approximate surface area is 109 Å². The van der Waals surface area contributed by atoms with E-state index in [1.807, 2.05) is 0 Å². The van der Waals surface area contributed by atoms with Gasteiger partial charge in [0.05, 0.1) is 4.92 Å². The molecule has 19 heavy (non-hydrogen) atoms. The second-order valence-corrected chi connectivity index (χ2v) is 4.22. The third-order valence-electron chi connectivity index (χ3n) is 2.47. The number of rotatable bonds is 6. The molecule has 102 valence electrons. The van der Waals surface area contributed by atoms with Crippen molar-refractivity contribution in [2.45, 2.75) is 13.3 Å². The number of nitrogens with zero attached hydrogens (tertiary/aromatic N) is 1. The van der Waals surface area contributed by atoms with Crippen LogP contribution in [0.4, 0.5) is 5.69 Å². The zero-order valence-electron chi connectivity index (χ0n) is 10.3. The summed E-state index contributed by atoms with van der Waals surface area (Å²) in [5, 5.41) is 21.6. The summed E-state index contributed by atoms with van der Waals surface area (Å²) in [6.45, 7) is 1.95. The van der Waals surface area contributed by atoms with Gasteiger partial charge in [-0.3, -0.25) is 19.7 Å². The molecule has 1 aromatic carbocycles. The van der Waals surface area contributed by atoms with Crippen LogP contribution in [0.15, 0.2) is 24.3 Å². The van der Waals surface area contributed by atoms with Gasteiger partial charge in [0.15, 0.2) is 0 Å². The molecule has 0 bridgehead atoms. The maximum atomic E-state index is 11.7. The number of nitro benzene ring substituents is 1. The maximum Gasteiger partial charge on any atom is 0.303 e. The van der Waals surface area contributed by atoms with Gasteiger partial charge in [-0.2, -0.15) is 0 Å². The number of carboxylic acids is 1. The number of nitrogens with one attached hydrogen (secondary N) is 1. The molecule has 0 saturated carbocycles. The van der Waals surface area contributed by atoms with Crippen LogP contribution < -0.4 is 5.32 Å². The summed E-state index contributed by atoms with van der Waals surface area (Å²) in [6, 6.07) is 5.20. The molecule has 1 unspecified atom stereocenters. The van der Waals surface area contributed by atoms with Crippen LogP contribution in [0.5, 0.6) is 0 Å². The highest BCUT2D eigenvalue weighted by atomic mass is 16.6. The third-order valence-corrected chi connectivity index (χ3v) is 2.47. The summed E-state index contributed by atoms with van der Waals surface area (Å²) < 4.78 is 0. The number of nitro groups is 1. The van der Waals surface area contributed by atoms with Crippen molar-refractivity contribution in [3.05, 3.63) is 39.9 Å². The summed E-state index contributed by atoms with van der Waals surface area (Å²) in [5.41, 5.74) is 0.212. The molecule has 0 saturated heterocycles. The lowest BCUT2D eigenvalue weighted by molar-refractivity contribution is -0.384. The summed E-state index contributed by atoms with van der Waals surface area (Å²) >= 11 is 0. The van der Waals surface area contributed by atoms with Gasteiger partial charge in [-0.15, -0.1) is 0 Å². The highest BCUT2D eigenvalue weighted by Gasteiger charge is 2.12. The number of hydrogen-bond donors (Lipinski definition) is 2. The van der Waals surface area contributed by atoms with E-state index >= 15 is 0 Å². The van der Waals surface area contributed by atoms with E-state index < -0.39 is 10.9 Å². The first-order valence-corrected chi connectivity index (χ1v) is 5.64. The Kier molecular flexibility index (Phi) is 4.99. The van der Waals surface area contributed by atoms with E-state index in [-0.39, 0.29) is 30.5 Å². The normalized spacial score (nSPS) is 11.6. The minimum atomic E-state index is -0.919. The van der Waals surface area contributed by atoms with Gasteiger partial charge in [0.1, 0.15) is 0 Å². The van der Waals surface area contributed by atoms with Crippen LogP contribution in [-0.4, -0.2) is 28.5 Å². The fourth-order valence-electron chi connectivity index (χ4n) is 1.47. The standard InChI is InChI=1S/C12H14N2O5/c1-8(6-11(15)16)7-13-12(17)9-2-4-10(5-3-9)14(18)19/h2-5,8H,6-7H2,1H3,(H,13,17)(H,15,16). The highest BCUT2D eigenvalue weighted by Crippen LogP contribution is 2.11. The van der Waals surface area contributed by atoms with Gasteiger partial charge in [0.25, 0.3) is 11.6 Å². The zero-order chi connectivity index (χ0) is 14.4. The monoisotopic (exact) mass is 266 g/mol. The molecule has 0 radical (unpaired) electrons. The van der Waals surface area contributed by atoms with Gasteiger partial charge in [-0.25, -0.2) is 0 Å². The number of aliphatic carboxylic acids is 1. The van der Waals surface area contributed by atoms with E-state index in [1.54, 1.807) is 6.92 Å². The average Bonchev–Trinajstić information content (AvgIpc) is 2.35. The lowest BCUT2D eigenvalue weighted by Crippen LogP contribution is -2.29. The molecule has 0 aliphatic carbocycles. The van der Waals surface area contributed by atoms with Crippen molar-refractivity contribution < 1.29 is 19.6 Å². The summed E-state index contributed by atoms with van der Waals surface area (Å²) in [6.07, 6.45) is -0.0272. The molecule has 0 spiro atoms. The molecular formula is C12H14N2O5. The zero-order valence-corrected chi connectivity index (χ0v) is 10.3. The van der Waals surface area contributed by atoms with E-state index in [2.05, 4.69) is 5.32 Å². The maximum absolute atomic E-state index is 11.7. The molecule has 2 N–H and O–H groups in total. The highest BCUT2D eigenvalue weighted by molar-refractivity contribution is 5.94. The molecule has 1 rings (SSSR count). The molecule has 1 amide bonds. The Morgan fingerprint density at radius 2 is 1.95 bits per heavy atom. The van der Waals surface area contributed by atoms with E-state index in [1.165, 1.54) is 24.3 Å². The number of carboxylic acid groups (broad SMARTS) is 1. The van der Waals surface area contributed by atoms with Crippen molar-refractivity contribution in [2.24, 2.45) is 5.92 Å². The van der Waals surface area contributed by atoms with Crippen LogP contribution in [0.25, 0.3) is 0 Å². The SMILES string of the molecule is CC(CNC(=O)c1ccc([N+](=O)[O-])cc1)CC(=O)O. The molecule has 0 aliphatic heterocycles. The lowest BCUT2D eigenvalue weighted by Gasteiger charge is -2.10. The van der Waals surface area contributed by atoms with Gasteiger partial charge in [-0.05, 0) is 18.1 Å². The van der Waals surface area contributed by atoms with Gasteiger partial charge in [0, 0.05) is 30.7 Å². The lowest BCUT2D eigenvalue weighted by atomic mass is 10.1. The Balaban J connectivity index is 2.54. The minimum absolute atomic E-state index is 0.0272.